The Bertz CT molecular complexity index is 549. The number of benzene rings is 1. The van der Waals surface area contributed by atoms with E-state index < -0.39 is 5.97 Å². The van der Waals surface area contributed by atoms with Crippen molar-refractivity contribution >= 4 is 23.5 Å². The van der Waals surface area contributed by atoms with Crippen LogP contribution in [0.3, 0.4) is 0 Å². The molecule has 20 heavy (non-hydrogen) atoms. The molecule has 1 aromatic rings. The van der Waals surface area contributed by atoms with Gasteiger partial charge in [-0.2, -0.15) is 0 Å². The molecule has 1 rings (SSSR count). The Labute approximate surface area is 123 Å². The third-order valence-corrected chi connectivity index (χ3v) is 3.23. The van der Waals surface area contributed by atoms with E-state index >= 15 is 0 Å². The van der Waals surface area contributed by atoms with E-state index in [1.54, 1.807) is 0 Å². The molecule has 106 valence electrons. The van der Waals surface area contributed by atoms with Gasteiger partial charge in [-0.15, -0.1) is 6.42 Å². The Kier molecular flexibility index (Phi) is 6.08. The summed E-state index contributed by atoms with van der Waals surface area (Å²) in [6.45, 7) is 1.52. The molecular weight excluding hydrogens is 278 g/mol. The maximum Gasteiger partial charge on any atom is 0.323 e. The first kappa shape index (κ1) is 16.1. The van der Waals surface area contributed by atoms with Crippen molar-refractivity contribution < 1.29 is 14.7 Å². The van der Waals surface area contributed by atoms with Crippen LogP contribution in [-0.2, 0) is 16.0 Å². The van der Waals surface area contributed by atoms with Crippen LogP contribution in [0.4, 0.5) is 0 Å². The summed E-state index contributed by atoms with van der Waals surface area (Å²) >= 11 is 6.01. The Morgan fingerprint density at radius 1 is 1.45 bits per heavy atom. The summed E-state index contributed by atoms with van der Waals surface area (Å²) in [5.74, 6) is 0.937. The van der Waals surface area contributed by atoms with Crippen LogP contribution in [0, 0.1) is 19.3 Å². The minimum absolute atomic E-state index is 0.000211. The van der Waals surface area contributed by atoms with E-state index in [0.717, 1.165) is 16.0 Å². The molecule has 0 spiro atoms. The normalized spacial score (nSPS) is 9.85. The first-order valence-corrected chi connectivity index (χ1v) is 6.50. The second kappa shape index (κ2) is 7.56. The Morgan fingerprint density at radius 3 is 2.70 bits per heavy atom. The lowest BCUT2D eigenvalue weighted by atomic mass is 10.1. The van der Waals surface area contributed by atoms with E-state index in [9.17, 15) is 9.59 Å². The van der Waals surface area contributed by atoms with Gasteiger partial charge in [0.05, 0.1) is 6.54 Å². The average Bonchev–Trinajstić information content (AvgIpc) is 2.39. The molecule has 1 aromatic carbocycles. The van der Waals surface area contributed by atoms with Gasteiger partial charge in [-0.1, -0.05) is 29.7 Å². The summed E-state index contributed by atoms with van der Waals surface area (Å²) in [5, 5.41) is 9.39. The number of halogens is 1. The van der Waals surface area contributed by atoms with Crippen LogP contribution in [0.1, 0.15) is 17.5 Å². The fourth-order valence-electron chi connectivity index (χ4n) is 1.71. The minimum Gasteiger partial charge on any atom is -0.480 e. The zero-order valence-corrected chi connectivity index (χ0v) is 12.0. The van der Waals surface area contributed by atoms with Gasteiger partial charge >= 0.3 is 5.97 Å². The summed E-state index contributed by atoms with van der Waals surface area (Å²) in [4.78, 5) is 23.7. The smallest absolute Gasteiger partial charge is 0.323 e. The van der Waals surface area contributed by atoms with Gasteiger partial charge in [-0.3, -0.25) is 9.59 Å². The molecule has 1 amide bonds. The van der Waals surface area contributed by atoms with Crippen LogP contribution in [0.25, 0.3) is 0 Å². The van der Waals surface area contributed by atoms with E-state index in [1.165, 1.54) is 0 Å². The predicted octanol–water partition coefficient (Wildman–Crippen LogP) is 2.13. The molecule has 5 heteroatoms. The molecule has 1 N–H and O–H groups in total. The van der Waals surface area contributed by atoms with Gasteiger partial charge in [-0.05, 0) is 30.5 Å². The second-order valence-electron chi connectivity index (χ2n) is 4.43. The first-order chi connectivity index (χ1) is 9.43. The van der Waals surface area contributed by atoms with Crippen LogP contribution in [0.15, 0.2) is 18.2 Å². The molecule has 0 unspecified atom stereocenters. The van der Waals surface area contributed by atoms with E-state index in [-0.39, 0.29) is 25.4 Å². The van der Waals surface area contributed by atoms with Crippen molar-refractivity contribution in [3.8, 4) is 12.3 Å². The Hall–Kier alpha value is -1.99. The summed E-state index contributed by atoms with van der Waals surface area (Å²) in [6.07, 6.45) is 5.83. The van der Waals surface area contributed by atoms with Crippen molar-refractivity contribution in [2.24, 2.45) is 0 Å². The lowest BCUT2D eigenvalue weighted by Crippen LogP contribution is -2.36. The van der Waals surface area contributed by atoms with Gasteiger partial charge in [0.1, 0.15) is 6.54 Å². The highest BCUT2D eigenvalue weighted by Crippen LogP contribution is 2.17. The second-order valence-corrected chi connectivity index (χ2v) is 4.84. The lowest BCUT2D eigenvalue weighted by Gasteiger charge is -2.17. The molecule has 0 saturated carbocycles. The molecule has 0 heterocycles. The van der Waals surface area contributed by atoms with Crippen LogP contribution >= 0.6 is 11.6 Å². The molecule has 0 radical (unpaired) electrons. The quantitative estimate of drug-likeness (QED) is 0.818. The molecule has 0 fully saturated rings. The number of aryl methyl sites for hydroxylation is 2. The molecule has 0 aliphatic rings. The minimum atomic E-state index is -1.08. The largest absolute Gasteiger partial charge is 0.480 e. The standard InChI is InChI=1S/C15H16ClNO3/c1-3-8-17(10-15(19)20)14(18)7-6-12-5-4-11(2)13(16)9-12/h1,4-5,9H,6-8,10H2,2H3,(H,19,20). The maximum atomic E-state index is 11.9. The zero-order chi connectivity index (χ0) is 15.1. The van der Waals surface area contributed by atoms with Gasteiger partial charge < -0.3 is 10.0 Å². The summed E-state index contributed by atoms with van der Waals surface area (Å²) in [5.41, 5.74) is 1.91. The summed E-state index contributed by atoms with van der Waals surface area (Å²) < 4.78 is 0. The van der Waals surface area contributed by atoms with E-state index in [2.05, 4.69) is 5.92 Å². The molecular formula is C15H16ClNO3. The van der Waals surface area contributed by atoms with Crippen LogP contribution in [0.2, 0.25) is 5.02 Å². The molecule has 0 atom stereocenters. The van der Waals surface area contributed by atoms with Crippen molar-refractivity contribution in [3.05, 3.63) is 34.3 Å². The number of carbonyl (C=O) groups is 2. The van der Waals surface area contributed by atoms with E-state index in [4.69, 9.17) is 23.1 Å². The molecule has 4 nitrogen and oxygen atoms in total. The van der Waals surface area contributed by atoms with Crippen molar-refractivity contribution in [3.63, 3.8) is 0 Å². The molecule has 0 aromatic heterocycles. The number of hydrogen-bond donors (Lipinski definition) is 1. The summed E-state index contributed by atoms with van der Waals surface area (Å²) in [6, 6.07) is 5.60. The van der Waals surface area contributed by atoms with Crippen molar-refractivity contribution in [1.29, 1.82) is 0 Å². The van der Waals surface area contributed by atoms with E-state index in [0.29, 0.717) is 11.4 Å². The Morgan fingerprint density at radius 2 is 2.15 bits per heavy atom. The number of amides is 1. The van der Waals surface area contributed by atoms with Gasteiger partial charge in [0.25, 0.3) is 0 Å². The van der Waals surface area contributed by atoms with Gasteiger partial charge in [0.2, 0.25) is 5.91 Å². The van der Waals surface area contributed by atoms with Crippen LogP contribution in [0.5, 0.6) is 0 Å². The highest BCUT2D eigenvalue weighted by Gasteiger charge is 2.15. The number of carboxylic acids is 1. The topological polar surface area (TPSA) is 57.6 Å². The predicted molar refractivity (Wildman–Crippen MR) is 77.6 cm³/mol. The molecule has 0 saturated heterocycles. The molecule has 0 aliphatic heterocycles. The van der Waals surface area contributed by atoms with E-state index in [1.807, 2.05) is 25.1 Å². The monoisotopic (exact) mass is 293 g/mol. The number of rotatable bonds is 6. The zero-order valence-electron chi connectivity index (χ0n) is 11.2. The Balaban J connectivity index is 2.62. The number of carboxylic acid groups (broad SMARTS) is 1. The van der Waals surface area contributed by atoms with Crippen molar-refractivity contribution in [2.45, 2.75) is 19.8 Å². The van der Waals surface area contributed by atoms with Crippen molar-refractivity contribution in [1.82, 2.24) is 4.90 Å². The fourth-order valence-corrected chi connectivity index (χ4v) is 1.91. The number of nitrogens with zero attached hydrogens (tertiary/aromatic N) is 1. The highest BCUT2D eigenvalue weighted by atomic mass is 35.5. The average molecular weight is 294 g/mol. The number of terminal acetylenes is 1. The summed E-state index contributed by atoms with van der Waals surface area (Å²) in [7, 11) is 0. The molecule has 0 aliphatic carbocycles. The fraction of sp³-hybridized carbons (Fsp3) is 0.333. The van der Waals surface area contributed by atoms with Gasteiger partial charge in [0.15, 0.2) is 0 Å². The van der Waals surface area contributed by atoms with Gasteiger partial charge in [-0.25, -0.2) is 0 Å². The van der Waals surface area contributed by atoms with Crippen molar-refractivity contribution in [2.75, 3.05) is 13.1 Å². The van der Waals surface area contributed by atoms with Crippen LogP contribution in [-0.4, -0.2) is 35.0 Å². The number of aliphatic carboxylic acids is 1. The third-order valence-electron chi connectivity index (χ3n) is 2.82. The van der Waals surface area contributed by atoms with Gasteiger partial charge in [0, 0.05) is 11.4 Å². The number of carbonyl (C=O) groups excluding carboxylic acids is 1. The molecule has 0 bridgehead atoms. The third kappa shape index (κ3) is 4.94. The number of hydrogen-bond acceptors (Lipinski definition) is 2. The highest BCUT2D eigenvalue weighted by molar-refractivity contribution is 6.31. The first-order valence-electron chi connectivity index (χ1n) is 6.12. The lowest BCUT2D eigenvalue weighted by molar-refractivity contribution is -0.144. The van der Waals surface area contributed by atoms with Crippen LogP contribution < -0.4 is 0 Å². The maximum absolute atomic E-state index is 11.9. The SMILES string of the molecule is C#CCN(CC(=O)O)C(=O)CCc1ccc(C)c(Cl)c1.